The van der Waals surface area contributed by atoms with E-state index in [9.17, 15) is 26.9 Å². The highest BCUT2D eigenvalue weighted by Crippen LogP contribution is 2.21. The van der Waals surface area contributed by atoms with Crippen LogP contribution in [-0.4, -0.2) is 45.0 Å². The SMILES string of the molecule is Cc1ccc(S(=O)(=O)O)cc1.N#C[C@@H]1C[C@@H](OS(=O)(=O)c2ccc([N+](=O)[O-])cc2)CN1. The van der Waals surface area contributed by atoms with Crippen LogP contribution >= 0.6 is 0 Å². The van der Waals surface area contributed by atoms with Crippen LogP contribution in [0.2, 0.25) is 0 Å². The number of rotatable bonds is 5. The van der Waals surface area contributed by atoms with Crippen molar-refractivity contribution in [3.63, 3.8) is 0 Å². The molecule has 1 fully saturated rings. The number of non-ortho nitro benzene ring substituents is 1. The fourth-order valence-corrected chi connectivity index (χ4v) is 4.12. The summed E-state index contributed by atoms with van der Waals surface area (Å²) in [4.78, 5) is 9.66. The molecule has 1 saturated heterocycles. The summed E-state index contributed by atoms with van der Waals surface area (Å²) in [6, 6.07) is 12.0. The average Bonchev–Trinajstić information content (AvgIpc) is 3.15. The van der Waals surface area contributed by atoms with Crippen molar-refractivity contribution in [2.45, 2.75) is 35.3 Å². The molecule has 1 aliphatic heterocycles. The van der Waals surface area contributed by atoms with Crippen LogP contribution in [0.1, 0.15) is 12.0 Å². The zero-order chi connectivity index (χ0) is 23.2. The number of hydrogen-bond donors (Lipinski definition) is 2. The molecule has 11 nitrogen and oxygen atoms in total. The lowest BCUT2D eigenvalue weighted by Gasteiger charge is -2.10. The molecule has 1 heterocycles. The second-order valence-corrected chi connectivity index (χ2v) is 9.53. The van der Waals surface area contributed by atoms with Crippen LogP contribution < -0.4 is 5.32 Å². The third-order valence-corrected chi connectivity index (χ3v) is 6.41. The van der Waals surface area contributed by atoms with Gasteiger partial charge in [-0.3, -0.25) is 24.2 Å². The molecule has 1 aliphatic rings. The smallest absolute Gasteiger partial charge is 0.297 e. The molecule has 0 aromatic heterocycles. The summed E-state index contributed by atoms with van der Waals surface area (Å²) >= 11 is 0. The summed E-state index contributed by atoms with van der Waals surface area (Å²) in [6.07, 6.45) is -0.331. The van der Waals surface area contributed by atoms with Crippen molar-refractivity contribution in [3.05, 3.63) is 64.2 Å². The molecule has 0 spiro atoms. The topological polar surface area (TPSA) is 177 Å². The largest absolute Gasteiger partial charge is 0.299 e. The van der Waals surface area contributed by atoms with Crippen molar-refractivity contribution in [1.29, 1.82) is 5.26 Å². The predicted molar refractivity (Wildman–Crippen MR) is 108 cm³/mol. The highest BCUT2D eigenvalue weighted by molar-refractivity contribution is 7.86. The lowest BCUT2D eigenvalue weighted by molar-refractivity contribution is -0.384. The van der Waals surface area contributed by atoms with Crippen LogP contribution in [-0.2, 0) is 24.4 Å². The van der Waals surface area contributed by atoms with E-state index in [0.29, 0.717) is 0 Å². The Kier molecular flexibility index (Phi) is 7.82. The van der Waals surface area contributed by atoms with E-state index in [1.165, 1.54) is 12.1 Å². The molecule has 2 N–H and O–H groups in total. The lowest BCUT2D eigenvalue weighted by Crippen LogP contribution is -2.22. The molecule has 13 heteroatoms. The maximum Gasteiger partial charge on any atom is 0.297 e. The van der Waals surface area contributed by atoms with Gasteiger partial charge < -0.3 is 0 Å². The Morgan fingerprint density at radius 3 is 2.10 bits per heavy atom. The van der Waals surface area contributed by atoms with Crippen molar-refractivity contribution in [1.82, 2.24) is 5.32 Å². The third-order valence-electron chi connectivity index (χ3n) is 4.16. The number of nitrogens with one attached hydrogen (secondary N) is 1. The van der Waals surface area contributed by atoms with Crippen molar-refractivity contribution in [2.75, 3.05) is 6.54 Å². The number of benzene rings is 2. The summed E-state index contributed by atoms with van der Waals surface area (Å²) in [5.74, 6) is 0. The van der Waals surface area contributed by atoms with Gasteiger partial charge in [0.05, 0.1) is 32.9 Å². The van der Waals surface area contributed by atoms with E-state index in [-0.39, 0.29) is 28.4 Å². The van der Waals surface area contributed by atoms with Crippen LogP contribution in [0.5, 0.6) is 0 Å². The molecule has 166 valence electrons. The predicted octanol–water partition coefficient (Wildman–Crippen LogP) is 1.80. The van der Waals surface area contributed by atoms with Crippen molar-refractivity contribution >= 4 is 25.9 Å². The molecule has 2 aromatic rings. The molecule has 3 rings (SSSR count). The Labute approximate surface area is 179 Å². The van der Waals surface area contributed by atoms with Gasteiger partial charge in [-0.2, -0.15) is 22.1 Å². The zero-order valence-corrected chi connectivity index (χ0v) is 17.8. The molecule has 31 heavy (non-hydrogen) atoms. The van der Waals surface area contributed by atoms with E-state index in [1.807, 2.05) is 13.0 Å². The molecule has 0 radical (unpaired) electrons. The Bertz CT molecular complexity index is 1170. The fraction of sp³-hybridized carbons (Fsp3) is 0.278. The summed E-state index contributed by atoms with van der Waals surface area (Å²) < 4.78 is 58.5. The molecular weight excluding hydrogens is 450 g/mol. The number of nitro benzene ring substituents is 1. The first-order valence-electron chi connectivity index (χ1n) is 8.77. The summed E-state index contributed by atoms with van der Waals surface area (Å²) in [5.41, 5.74) is 0.758. The molecule has 0 unspecified atom stereocenters. The molecule has 0 saturated carbocycles. The van der Waals surface area contributed by atoms with Gasteiger partial charge in [-0.05, 0) is 31.2 Å². The average molecular weight is 469 g/mol. The number of aryl methyl sites for hydroxylation is 1. The zero-order valence-electron chi connectivity index (χ0n) is 16.2. The van der Waals surface area contributed by atoms with Gasteiger partial charge in [0.2, 0.25) is 0 Å². The van der Waals surface area contributed by atoms with Crippen molar-refractivity contribution < 1.29 is 30.5 Å². The number of nitrogens with zero attached hydrogens (tertiary/aromatic N) is 2. The third kappa shape index (κ3) is 7.09. The number of nitriles is 1. The molecule has 2 aromatic carbocycles. The summed E-state index contributed by atoms with van der Waals surface area (Å²) in [7, 11) is -8.01. The van der Waals surface area contributed by atoms with Gasteiger partial charge in [-0.1, -0.05) is 17.7 Å². The number of hydrogen-bond acceptors (Lipinski definition) is 9. The fourth-order valence-electron chi connectivity index (χ4n) is 2.55. The normalized spacial score (nSPS) is 18.5. The van der Waals surface area contributed by atoms with Crippen LogP contribution in [0.15, 0.2) is 58.3 Å². The van der Waals surface area contributed by atoms with Crippen molar-refractivity contribution in [2.24, 2.45) is 0 Å². The monoisotopic (exact) mass is 469 g/mol. The molecule has 2 atom stereocenters. The lowest BCUT2D eigenvalue weighted by atomic mass is 10.2. The first-order chi connectivity index (χ1) is 14.4. The van der Waals surface area contributed by atoms with Gasteiger partial charge in [0.1, 0.15) is 0 Å². The Balaban J connectivity index is 0.000000262. The van der Waals surface area contributed by atoms with Gasteiger partial charge in [0.25, 0.3) is 25.9 Å². The van der Waals surface area contributed by atoms with E-state index in [2.05, 4.69) is 5.32 Å². The second kappa shape index (κ2) is 9.94. The molecule has 0 bridgehead atoms. The Morgan fingerprint density at radius 1 is 1.10 bits per heavy atom. The maximum absolute atomic E-state index is 12.0. The minimum atomic E-state index is -4.02. The van der Waals surface area contributed by atoms with E-state index >= 15 is 0 Å². The highest BCUT2D eigenvalue weighted by Gasteiger charge is 2.29. The van der Waals surface area contributed by atoms with Crippen LogP contribution in [0.25, 0.3) is 0 Å². The first-order valence-corrected chi connectivity index (χ1v) is 11.6. The number of nitro groups is 1. The van der Waals surface area contributed by atoms with Gasteiger partial charge >= 0.3 is 0 Å². The standard InChI is InChI=1S/C11H11N3O5S.C7H8O3S/c12-6-8-5-10(7-13-8)19-20(17,18)11-3-1-9(2-4-11)14(15)16;1-6-2-4-7(5-3-6)11(8,9)10/h1-4,8,10,13H,5,7H2;2-5H,1H3,(H,8,9,10)/t8-,10+;/m0./s1. The minimum absolute atomic E-state index is 0.0666. The molecular formula is C18H19N3O8S2. The van der Waals surface area contributed by atoms with E-state index in [1.54, 1.807) is 12.1 Å². The highest BCUT2D eigenvalue weighted by atomic mass is 32.2. The second-order valence-electron chi connectivity index (χ2n) is 6.54. The van der Waals surface area contributed by atoms with Crippen LogP contribution in [0.3, 0.4) is 0 Å². The minimum Gasteiger partial charge on any atom is -0.299 e. The molecule has 0 amide bonds. The van der Waals surface area contributed by atoms with Gasteiger partial charge in [-0.15, -0.1) is 0 Å². The Hall–Kier alpha value is -2.89. The Morgan fingerprint density at radius 2 is 1.65 bits per heavy atom. The van der Waals surface area contributed by atoms with E-state index < -0.39 is 37.3 Å². The van der Waals surface area contributed by atoms with Crippen LogP contribution in [0, 0.1) is 28.4 Å². The van der Waals surface area contributed by atoms with Gasteiger partial charge in [0, 0.05) is 25.1 Å². The quantitative estimate of drug-likeness (QED) is 0.284. The van der Waals surface area contributed by atoms with Gasteiger partial charge in [0.15, 0.2) is 0 Å². The summed E-state index contributed by atoms with van der Waals surface area (Å²) in [6.45, 7) is 2.11. The van der Waals surface area contributed by atoms with Crippen molar-refractivity contribution in [3.8, 4) is 6.07 Å². The van der Waals surface area contributed by atoms with Gasteiger partial charge in [-0.25, -0.2) is 0 Å². The maximum atomic E-state index is 12.0. The van der Waals surface area contributed by atoms with E-state index in [4.69, 9.17) is 14.0 Å². The summed E-state index contributed by atoms with van der Waals surface area (Å²) in [5, 5.41) is 22.0. The van der Waals surface area contributed by atoms with Crippen LogP contribution in [0.4, 0.5) is 5.69 Å². The molecule has 0 aliphatic carbocycles. The van der Waals surface area contributed by atoms with E-state index in [0.717, 1.165) is 29.8 Å². The first kappa shape index (κ1) is 24.4.